The maximum Gasteiger partial charge on any atom is 0.239 e. The number of hydrogen-bond donors (Lipinski definition) is 0. The van der Waals surface area contributed by atoms with Crippen molar-refractivity contribution in [2.24, 2.45) is 0 Å². The molecule has 4 rings (SSSR count). The number of rotatable bonds is 7. The van der Waals surface area contributed by atoms with E-state index in [0.717, 1.165) is 17.1 Å². The third-order valence-corrected chi connectivity index (χ3v) is 5.14. The summed E-state index contributed by atoms with van der Waals surface area (Å²) in [4.78, 5) is 4.42. The standard InChI is InChI=1S/C19H19N5O2S/c1-3-16-20-18(26-23-16)13(2)27-19-22-21-17(15-10-7-11-25-15)24(19)12-14-8-5-4-6-9-14/h4-11,13H,3,12H2,1-2H3. The fraction of sp³-hybridized carbons (Fsp3) is 0.263. The highest BCUT2D eigenvalue weighted by Crippen LogP contribution is 2.35. The van der Waals surface area contributed by atoms with Crippen LogP contribution in [0.4, 0.5) is 0 Å². The zero-order valence-corrected chi connectivity index (χ0v) is 15.9. The molecular formula is C19H19N5O2S. The van der Waals surface area contributed by atoms with Gasteiger partial charge in [0, 0.05) is 6.42 Å². The number of benzene rings is 1. The summed E-state index contributed by atoms with van der Waals surface area (Å²) in [5.74, 6) is 2.67. The van der Waals surface area contributed by atoms with Crippen LogP contribution in [0.5, 0.6) is 0 Å². The highest BCUT2D eigenvalue weighted by atomic mass is 32.2. The Bertz CT molecular complexity index is 994. The van der Waals surface area contributed by atoms with Crippen molar-refractivity contribution in [3.63, 3.8) is 0 Å². The fourth-order valence-corrected chi connectivity index (χ4v) is 3.54. The quantitative estimate of drug-likeness (QED) is 0.439. The average molecular weight is 381 g/mol. The van der Waals surface area contributed by atoms with Gasteiger partial charge >= 0.3 is 0 Å². The molecule has 0 N–H and O–H groups in total. The zero-order chi connectivity index (χ0) is 18.6. The minimum absolute atomic E-state index is 0.0408. The molecule has 0 spiro atoms. The highest BCUT2D eigenvalue weighted by molar-refractivity contribution is 7.99. The highest BCUT2D eigenvalue weighted by Gasteiger charge is 2.22. The molecule has 8 heteroatoms. The minimum atomic E-state index is -0.0408. The molecule has 4 aromatic rings. The van der Waals surface area contributed by atoms with Crippen molar-refractivity contribution in [1.82, 2.24) is 24.9 Å². The van der Waals surface area contributed by atoms with E-state index >= 15 is 0 Å². The lowest BCUT2D eigenvalue weighted by molar-refractivity contribution is 0.375. The number of nitrogens with zero attached hydrogens (tertiary/aromatic N) is 5. The lowest BCUT2D eigenvalue weighted by Gasteiger charge is -2.11. The molecule has 7 nitrogen and oxygen atoms in total. The molecule has 27 heavy (non-hydrogen) atoms. The van der Waals surface area contributed by atoms with Crippen LogP contribution >= 0.6 is 11.8 Å². The van der Waals surface area contributed by atoms with Gasteiger partial charge in [-0.15, -0.1) is 10.2 Å². The second-order valence-corrected chi connectivity index (χ2v) is 7.33. The van der Waals surface area contributed by atoms with Gasteiger partial charge in [0.25, 0.3) is 0 Å². The van der Waals surface area contributed by atoms with Gasteiger partial charge in [-0.2, -0.15) is 4.98 Å². The Morgan fingerprint density at radius 1 is 1.11 bits per heavy atom. The summed E-state index contributed by atoms with van der Waals surface area (Å²) < 4.78 is 13.0. The molecule has 0 bridgehead atoms. The summed E-state index contributed by atoms with van der Waals surface area (Å²) in [6.07, 6.45) is 2.38. The van der Waals surface area contributed by atoms with Gasteiger partial charge in [-0.05, 0) is 24.6 Å². The van der Waals surface area contributed by atoms with Crippen LogP contribution < -0.4 is 0 Å². The van der Waals surface area contributed by atoms with E-state index in [-0.39, 0.29) is 5.25 Å². The minimum Gasteiger partial charge on any atom is -0.461 e. The Balaban J connectivity index is 1.65. The molecule has 0 saturated carbocycles. The molecule has 0 aliphatic rings. The largest absolute Gasteiger partial charge is 0.461 e. The van der Waals surface area contributed by atoms with E-state index in [1.807, 2.05) is 48.7 Å². The molecule has 0 fully saturated rings. The van der Waals surface area contributed by atoms with Crippen LogP contribution in [-0.4, -0.2) is 24.9 Å². The molecule has 0 saturated heterocycles. The molecule has 138 valence electrons. The first-order valence-corrected chi connectivity index (χ1v) is 9.62. The first kappa shape index (κ1) is 17.5. The van der Waals surface area contributed by atoms with Gasteiger partial charge < -0.3 is 8.94 Å². The Hall–Kier alpha value is -2.87. The molecule has 0 aliphatic carbocycles. The normalized spacial score (nSPS) is 12.4. The summed E-state index contributed by atoms with van der Waals surface area (Å²) >= 11 is 1.54. The number of thioether (sulfide) groups is 1. The van der Waals surface area contributed by atoms with Crippen molar-refractivity contribution < 1.29 is 8.94 Å². The number of hydrogen-bond acceptors (Lipinski definition) is 7. The first-order chi connectivity index (χ1) is 13.2. The molecule has 1 atom stereocenters. The third kappa shape index (κ3) is 3.80. The predicted octanol–water partition coefficient (Wildman–Crippen LogP) is 4.39. The Morgan fingerprint density at radius 2 is 1.96 bits per heavy atom. The van der Waals surface area contributed by atoms with Crippen LogP contribution in [0.3, 0.4) is 0 Å². The molecule has 3 heterocycles. The first-order valence-electron chi connectivity index (χ1n) is 8.74. The molecule has 1 unspecified atom stereocenters. The topological polar surface area (TPSA) is 82.8 Å². The van der Waals surface area contributed by atoms with E-state index in [4.69, 9.17) is 8.94 Å². The van der Waals surface area contributed by atoms with Crippen molar-refractivity contribution in [1.29, 1.82) is 0 Å². The lowest BCUT2D eigenvalue weighted by Crippen LogP contribution is -2.04. The second-order valence-electron chi connectivity index (χ2n) is 6.02. The summed E-state index contributed by atoms with van der Waals surface area (Å²) in [7, 11) is 0. The summed E-state index contributed by atoms with van der Waals surface area (Å²) in [5, 5.41) is 13.4. The van der Waals surface area contributed by atoms with Crippen molar-refractivity contribution in [2.75, 3.05) is 0 Å². The van der Waals surface area contributed by atoms with E-state index in [1.165, 1.54) is 11.8 Å². The van der Waals surface area contributed by atoms with Crippen LogP contribution in [0.2, 0.25) is 0 Å². The number of aromatic nitrogens is 5. The molecule has 0 amide bonds. The van der Waals surface area contributed by atoms with Gasteiger partial charge in [-0.1, -0.05) is 54.2 Å². The van der Waals surface area contributed by atoms with Gasteiger partial charge in [0.2, 0.25) is 11.7 Å². The van der Waals surface area contributed by atoms with Crippen LogP contribution in [0.1, 0.15) is 36.4 Å². The second kappa shape index (κ2) is 7.79. The third-order valence-electron chi connectivity index (χ3n) is 4.07. The van der Waals surface area contributed by atoms with Crippen LogP contribution in [-0.2, 0) is 13.0 Å². The van der Waals surface area contributed by atoms with E-state index in [1.54, 1.807) is 6.26 Å². The molecule has 1 aromatic carbocycles. The van der Waals surface area contributed by atoms with E-state index < -0.39 is 0 Å². The molecule has 3 aromatic heterocycles. The van der Waals surface area contributed by atoms with Gasteiger partial charge in [0.1, 0.15) is 0 Å². The zero-order valence-electron chi connectivity index (χ0n) is 15.1. The van der Waals surface area contributed by atoms with E-state index in [2.05, 4.69) is 32.5 Å². The maximum atomic E-state index is 5.55. The average Bonchev–Trinajstić information content (AvgIpc) is 3.44. The monoisotopic (exact) mass is 381 g/mol. The maximum absolute atomic E-state index is 5.55. The van der Waals surface area contributed by atoms with Crippen LogP contribution in [0.25, 0.3) is 11.6 Å². The number of aryl methyl sites for hydroxylation is 1. The Labute approximate surface area is 160 Å². The van der Waals surface area contributed by atoms with Crippen LogP contribution in [0.15, 0.2) is 62.8 Å². The summed E-state index contributed by atoms with van der Waals surface area (Å²) in [6.45, 7) is 4.66. The molecule has 0 radical (unpaired) electrons. The van der Waals surface area contributed by atoms with E-state index in [0.29, 0.717) is 29.8 Å². The molecular weight excluding hydrogens is 362 g/mol. The van der Waals surface area contributed by atoms with Gasteiger partial charge in [-0.3, -0.25) is 4.57 Å². The van der Waals surface area contributed by atoms with Crippen molar-refractivity contribution in [2.45, 2.75) is 37.2 Å². The van der Waals surface area contributed by atoms with Gasteiger partial charge in [0.15, 0.2) is 16.7 Å². The van der Waals surface area contributed by atoms with Crippen molar-refractivity contribution >= 4 is 11.8 Å². The van der Waals surface area contributed by atoms with Crippen molar-refractivity contribution in [3.05, 3.63) is 66.0 Å². The fourth-order valence-electron chi connectivity index (χ4n) is 2.66. The Morgan fingerprint density at radius 3 is 2.67 bits per heavy atom. The summed E-state index contributed by atoms with van der Waals surface area (Å²) in [6, 6.07) is 13.9. The smallest absolute Gasteiger partial charge is 0.239 e. The SMILES string of the molecule is CCc1noc(C(C)Sc2nnc(-c3ccco3)n2Cc2ccccc2)n1. The Kier molecular flexibility index (Phi) is 5.06. The van der Waals surface area contributed by atoms with Crippen LogP contribution in [0, 0.1) is 0 Å². The van der Waals surface area contributed by atoms with Gasteiger partial charge in [-0.25, -0.2) is 0 Å². The predicted molar refractivity (Wildman–Crippen MR) is 101 cm³/mol. The molecule has 0 aliphatic heterocycles. The van der Waals surface area contributed by atoms with Crippen molar-refractivity contribution in [3.8, 4) is 11.6 Å². The summed E-state index contributed by atoms with van der Waals surface area (Å²) in [5.41, 5.74) is 1.16. The van der Waals surface area contributed by atoms with Gasteiger partial charge in [0.05, 0.1) is 18.1 Å². The number of furan rings is 1. The van der Waals surface area contributed by atoms with E-state index in [9.17, 15) is 0 Å². The lowest BCUT2D eigenvalue weighted by atomic mass is 10.2.